The van der Waals surface area contributed by atoms with Gasteiger partial charge >= 0.3 is 5.97 Å². The van der Waals surface area contributed by atoms with Gasteiger partial charge in [-0.15, -0.1) is 0 Å². The SMILES string of the molecule is C[C@H](CC=O)C(C(=O)O)C1CCCNC1. The summed E-state index contributed by atoms with van der Waals surface area (Å²) >= 11 is 0. The molecular formula is C11H19NO3. The van der Waals surface area contributed by atoms with Gasteiger partial charge in [0.15, 0.2) is 0 Å². The Bertz CT molecular complexity index is 224. The highest BCUT2D eigenvalue weighted by Crippen LogP contribution is 2.28. The topological polar surface area (TPSA) is 66.4 Å². The third-order valence-corrected chi connectivity index (χ3v) is 3.21. The maximum absolute atomic E-state index is 11.2. The molecule has 0 saturated carbocycles. The zero-order valence-corrected chi connectivity index (χ0v) is 9.11. The van der Waals surface area contributed by atoms with Crippen molar-refractivity contribution < 1.29 is 14.7 Å². The molecule has 2 unspecified atom stereocenters. The fourth-order valence-corrected chi connectivity index (χ4v) is 2.39. The van der Waals surface area contributed by atoms with Crippen LogP contribution in [-0.2, 0) is 9.59 Å². The molecule has 1 aliphatic heterocycles. The van der Waals surface area contributed by atoms with E-state index in [1.54, 1.807) is 0 Å². The Morgan fingerprint density at radius 2 is 2.40 bits per heavy atom. The normalized spacial score (nSPS) is 25.5. The molecule has 3 atom stereocenters. The van der Waals surface area contributed by atoms with Crippen molar-refractivity contribution in [1.29, 1.82) is 0 Å². The van der Waals surface area contributed by atoms with E-state index in [-0.39, 0.29) is 17.8 Å². The monoisotopic (exact) mass is 213 g/mol. The van der Waals surface area contributed by atoms with Crippen molar-refractivity contribution in [2.75, 3.05) is 13.1 Å². The zero-order valence-electron chi connectivity index (χ0n) is 9.11. The van der Waals surface area contributed by atoms with Crippen molar-refractivity contribution in [2.24, 2.45) is 17.8 Å². The van der Waals surface area contributed by atoms with Gasteiger partial charge in [0, 0.05) is 6.42 Å². The highest BCUT2D eigenvalue weighted by Gasteiger charge is 2.33. The average molecular weight is 213 g/mol. The van der Waals surface area contributed by atoms with Crippen LogP contribution in [0, 0.1) is 17.8 Å². The Kier molecular flexibility index (Phi) is 4.75. The van der Waals surface area contributed by atoms with Crippen LogP contribution in [-0.4, -0.2) is 30.5 Å². The van der Waals surface area contributed by atoms with Gasteiger partial charge in [0.1, 0.15) is 6.29 Å². The summed E-state index contributed by atoms with van der Waals surface area (Å²) in [6.07, 6.45) is 3.14. The molecule has 0 aromatic carbocycles. The number of carboxylic acids is 1. The maximum atomic E-state index is 11.2. The van der Waals surface area contributed by atoms with Crippen LogP contribution >= 0.6 is 0 Å². The molecule has 4 heteroatoms. The van der Waals surface area contributed by atoms with E-state index in [4.69, 9.17) is 0 Å². The summed E-state index contributed by atoms with van der Waals surface area (Å²) in [5, 5.41) is 12.4. The number of hydrogen-bond donors (Lipinski definition) is 2. The molecule has 1 aliphatic rings. The van der Waals surface area contributed by atoms with E-state index in [2.05, 4.69) is 5.32 Å². The molecule has 4 nitrogen and oxygen atoms in total. The van der Waals surface area contributed by atoms with Gasteiger partial charge in [-0.25, -0.2) is 0 Å². The Hall–Kier alpha value is -0.900. The number of aliphatic carboxylic acids is 1. The molecule has 0 aromatic heterocycles. The fraction of sp³-hybridized carbons (Fsp3) is 0.818. The zero-order chi connectivity index (χ0) is 11.3. The van der Waals surface area contributed by atoms with Gasteiger partial charge in [0.05, 0.1) is 5.92 Å². The van der Waals surface area contributed by atoms with Gasteiger partial charge < -0.3 is 15.2 Å². The first kappa shape index (κ1) is 12.2. The smallest absolute Gasteiger partial charge is 0.307 e. The Morgan fingerprint density at radius 3 is 2.87 bits per heavy atom. The molecule has 0 amide bonds. The highest BCUT2D eigenvalue weighted by molar-refractivity contribution is 5.71. The minimum absolute atomic E-state index is 0.0649. The van der Waals surface area contributed by atoms with E-state index in [0.717, 1.165) is 32.2 Å². The van der Waals surface area contributed by atoms with Crippen LogP contribution in [0.25, 0.3) is 0 Å². The van der Waals surface area contributed by atoms with Crippen LogP contribution < -0.4 is 5.32 Å². The largest absolute Gasteiger partial charge is 0.481 e. The lowest BCUT2D eigenvalue weighted by Crippen LogP contribution is -2.40. The first-order valence-electron chi connectivity index (χ1n) is 5.54. The summed E-state index contributed by atoms with van der Waals surface area (Å²) in [5.41, 5.74) is 0. The molecule has 1 heterocycles. The minimum atomic E-state index is -0.766. The van der Waals surface area contributed by atoms with Crippen LogP contribution in [0.1, 0.15) is 26.2 Å². The molecule has 0 spiro atoms. The molecule has 15 heavy (non-hydrogen) atoms. The van der Waals surface area contributed by atoms with Crippen LogP contribution in [0.4, 0.5) is 0 Å². The first-order chi connectivity index (χ1) is 7.16. The number of carbonyl (C=O) groups is 2. The standard InChI is InChI=1S/C11H19NO3/c1-8(4-6-13)10(11(14)15)9-3-2-5-12-7-9/h6,8-10,12H,2-5,7H2,1H3,(H,14,15)/t8-,9?,10?/m1/s1. The van der Waals surface area contributed by atoms with Crippen molar-refractivity contribution in [3.8, 4) is 0 Å². The van der Waals surface area contributed by atoms with Crippen LogP contribution in [0.3, 0.4) is 0 Å². The predicted octanol–water partition coefficient (Wildman–Crippen LogP) is 0.912. The molecule has 0 radical (unpaired) electrons. The van der Waals surface area contributed by atoms with E-state index < -0.39 is 5.97 Å². The lowest BCUT2D eigenvalue weighted by molar-refractivity contribution is -0.146. The summed E-state index contributed by atoms with van der Waals surface area (Å²) < 4.78 is 0. The lowest BCUT2D eigenvalue weighted by atomic mass is 9.77. The van der Waals surface area contributed by atoms with Crippen LogP contribution in [0.15, 0.2) is 0 Å². The van der Waals surface area contributed by atoms with Gasteiger partial charge in [-0.1, -0.05) is 6.92 Å². The number of carboxylic acid groups (broad SMARTS) is 1. The number of aldehydes is 1. The number of carbonyl (C=O) groups excluding carboxylic acids is 1. The molecular weight excluding hydrogens is 194 g/mol. The van der Waals surface area contributed by atoms with Gasteiger partial charge in [-0.3, -0.25) is 4.79 Å². The Labute approximate surface area is 90.0 Å². The predicted molar refractivity (Wildman–Crippen MR) is 56.6 cm³/mol. The summed E-state index contributed by atoms with van der Waals surface area (Å²) in [6.45, 7) is 3.59. The van der Waals surface area contributed by atoms with E-state index >= 15 is 0 Å². The van der Waals surface area contributed by atoms with Crippen LogP contribution in [0.2, 0.25) is 0 Å². The maximum Gasteiger partial charge on any atom is 0.307 e. The second kappa shape index (κ2) is 5.85. The third-order valence-electron chi connectivity index (χ3n) is 3.21. The van der Waals surface area contributed by atoms with Crippen molar-refractivity contribution in [3.63, 3.8) is 0 Å². The third kappa shape index (κ3) is 3.30. The van der Waals surface area contributed by atoms with Crippen molar-refractivity contribution in [2.45, 2.75) is 26.2 Å². The summed E-state index contributed by atoms with van der Waals surface area (Å²) in [7, 11) is 0. The molecule has 1 fully saturated rings. The highest BCUT2D eigenvalue weighted by atomic mass is 16.4. The van der Waals surface area contributed by atoms with Gasteiger partial charge in [0.2, 0.25) is 0 Å². The van der Waals surface area contributed by atoms with Crippen molar-refractivity contribution >= 4 is 12.3 Å². The number of piperidine rings is 1. The van der Waals surface area contributed by atoms with Gasteiger partial charge in [-0.05, 0) is 37.8 Å². The fourth-order valence-electron chi connectivity index (χ4n) is 2.39. The molecule has 86 valence electrons. The molecule has 1 rings (SSSR count). The lowest BCUT2D eigenvalue weighted by Gasteiger charge is -2.31. The van der Waals surface area contributed by atoms with E-state index in [1.165, 1.54) is 0 Å². The Balaban J connectivity index is 2.62. The average Bonchev–Trinajstić information content (AvgIpc) is 2.19. The number of hydrogen-bond acceptors (Lipinski definition) is 3. The number of nitrogens with one attached hydrogen (secondary N) is 1. The second-order valence-corrected chi connectivity index (χ2v) is 4.35. The van der Waals surface area contributed by atoms with Crippen LogP contribution in [0.5, 0.6) is 0 Å². The number of rotatable bonds is 5. The summed E-state index contributed by atoms with van der Waals surface area (Å²) in [5.74, 6) is -1.04. The van der Waals surface area contributed by atoms with Crippen molar-refractivity contribution in [1.82, 2.24) is 5.32 Å². The summed E-state index contributed by atoms with van der Waals surface area (Å²) in [6, 6.07) is 0. The molecule has 0 aromatic rings. The quantitative estimate of drug-likeness (QED) is 0.666. The first-order valence-corrected chi connectivity index (χ1v) is 5.54. The molecule has 1 saturated heterocycles. The summed E-state index contributed by atoms with van der Waals surface area (Å²) in [4.78, 5) is 21.6. The van der Waals surface area contributed by atoms with Crippen molar-refractivity contribution in [3.05, 3.63) is 0 Å². The molecule has 2 N–H and O–H groups in total. The molecule has 0 bridgehead atoms. The van der Waals surface area contributed by atoms with Gasteiger partial charge in [-0.2, -0.15) is 0 Å². The Morgan fingerprint density at radius 1 is 1.67 bits per heavy atom. The van der Waals surface area contributed by atoms with E-state index in [0.29, 0.717) is 6.42 Å². The molecule has 0 aliphatic carbocycles. The van der Waals surface area contributed by atoms with Gasteiger partial charge in [0.25, 0.3) is 0 Å². The van der Waals surface area contributed by atoms with E-state index in [1.807, 2.05) is 6.92 Å². The second-order valence-electron chi connectivity index (χ2n) is 4.35. The minimum Gasteiger partial charge on any atom is -0.481 e. The van der Waals surface area contributed by atoms with E-state index in [9.17, 15) is 14.7 Å².